The second kappa shape index (κ2) is 3.14. The molecule has 3 aliphatic rings. The number of nitrogens with one attached hydrogen (secondary N) is 1. The highest BCUT2D eigenvalue weighted by molar-refractivity contribution is 5.14. The molecular formula is C8H13NO3. The number of hydroxylamine groups is 1. The summed E-state index contributed by atoms with van der Waals surface area (Å²) in [6.45, 7) is 0. The number of methoxy groups -OCH3 is 2. The molecule has 0 aromatic carbocycles. The van der Waals surface area contributed by atoms with Crippen molar-refractivity contribution in [2.24, 2.45) is 0 Å². The average molecular weight is 171 g/mol. The van der Waals surface area contributed by atoms with E-state index in [1.54, 1.807) is 14.2 Å². The van der Waals surface area contributed by atoms with Crippen molar-refractivity contribution >= 4 is 0 Å². The van der Waals surface area contributed by atoms with Gasteiger partial charge in [0.1, 0.15) is 18.3 Å². The summed E-state index contributed by atoms with van der Waals surface area (Å²) in [7, 11) is 3.36. The Hall–Kier alpha value is -0.420. The molecule has 4 atom stereocenters. The van der Waals surface area contributed by atoms with Crippen molar-refractivity contribution in [3.05, 3.63) is 12.2 Å². The Labute approximate surface area is 71.4 Å². The van der Waals surface area contributed by atoms with Crippen molar-refractivity contribution in [1.82, 2.24) is 5.48 Å². The maximum absolute atomic E-state index is 5.31. The molecule has 1 N–H and O–H groups in total. The van der Waals surface area contributed by atoms with Gasteiger partial charge in [0.15, 0.2) is 0 Å². The molecule has 0 unspecified atom stereocenters. The van der Waals surface area contributed by atoms with Crippen LogP contribution in [0.2, 0.25) is 0 Å². The zero-order valence-corrected chi connectivity index (χ0v) is 7.19. The van der Waals surface area contributed by atoms with Crippen LogP contribution in [0.3, 0.4) is 0 Å². The predicted molar refractivity (Wildman–Crippen MR) is 42.5 cm³/mol. The van der Waals surface area contributed by atoms with E-state index < -0.39 is 0 Å². The number of hydrogen-bond donors (Lipinski definition) is 1. The van der Waals surface area contributed by atoms with E-state index in [-0.39, 0.29) is 24.4 Å². The molecule has 0 radical (unpaired) electrons. The predicted octanol–water partition coefficient (Wildman–Crippen LogP) is -0.142. The lowest BCUT2D eigenvalue weighted by molar-refractivity contribution is -0.193. The first kappa shape index (κ1) is 8.19. The number of fused-ring (bicyclic) bond motifs is 2. The fraction of sp³-hybridized carbons (Fsp3) is 0.750. The molecule has 0 saturated carbocycles. The zero-order chi connectivity index (χ0) is 8.55. The van der Waals surface area contributed by atoms with Gasteiger partial charge >= 0.3 is 0 Å². The molecule has 4 heteroatoms. The topological polar surface area (TPSA) is 39.7 Å². The van der Waals surface area contributed by atoms with Gasteiger partial charge in [0.25, 0.3) is 0 Å². The molecule has 68 valence electrons. The first-order valence-electron chi connectivity index (χ1n) is 4.02. The van der Waals surface area contributed by atoms with E-state index in [1.807, 2.05) is 6.08 Å². The van der Waals surface area contributed by atoms with Gasteiger partial charge < -0.3 is 9.47 Å². The number of hydrogen-bond acceptors (Lipinski definition) is 4. The molecule has 0 spiro atoms. The minimum absolute atomic E-state index is 0.00579. The Bertz CT molecular complexity index is 175. The van der Waals surface area contributed by atoms with E-state index in [1.165, 1.54) is 0 Å². The molecule has 2 heterocycles. The Kier molecular flexibility index (Phi) is 2.14. The summed E-state index contributed by atoms with van der Waals surface area (Å²) in [4.78, 5) is 5.27. The third-order valence-electron chi connectivity index (χ3n) is 2.39. The van der Waals surface area contributed by atoms with Crippen molar-refractivity contribution in [3.8, 4) is 0 Å². The molecule has 1 saturated heterocycles. The lowest BCUT2D eigenvalue weighted by Crippen LogP contribution is -2.61. The summed E-state index contributed by atoms with van der Waals surface area (Å²) in [5.74, 6) is 0. The van der Waals surface area contributed by atoms with Gasteiger partial charge in [-0.1, -0.05) is 12.2 Å². The Morgan fingerprint density at radius 2 is 1.92 bits per heavy atom. The molecule has 0 aromatic rings. The SMILES string of the molecule is CO[C@@H]1[C@@H](OC)[C@H]2C=C[C@@H]1NO2. The highest BCUT2D eigenvalue weighted by Gasteiger charge is 2.42. The zero-order valence-electron chi connectivity index (χ0n) is 7.19. The van der Waals surface area contributed by atoms with Crippen molar-refractivity contribution in [2.75, 3.05) is 14.2 Å². The van der Waals surface area contributed by atoms with Crippen LogP contribution >= 0.6 is 0 Å². The van der Waals surface area contributed by atoms with Gasteiger partial charge in [0.2, 0.25) is 0 Å². The van der Waals surface area contributed by atoms with E-state index in [9.17, 15) is 0 Å². The van der Waals surface area contributed by atoms with Crippen LogP contribution in [0.1, 0.15) is 0 Å². The normalized spacial score (nSPS) is 45.2. The van der Waals surface area contributed by atoms with Gasteiger partial charge in [0.05, 0.1) is 6.04 Å². The molecular weight excluding hydrogens is 158 g/mol. The van der Waals surface area contributed by atoms with Crippen LogP contribution in [0, 0.1) is 0 Å². The van der Waals surface area contributed by atoms with Gasteiger partial charge in [-0.15, -0.1) is 0 Å². The van der Waals surface area contributed by atoms with E-state index in [2.05, 4.69) is 11.6 Å². The van der Waals surface area contributed by atoms with Crippen molar-refractivity contribution in [1.29, 1.82) is 0 Å². The highest BCUT2D eigenvalue weighted by Crippen LogP contribution is 2.25. The fourth-order valence-corrected chi connectivity index (χ4v) is 1.76. The molecule has 4 nitrogen and oxygen atoms in total. The van der Waals surface area contributed by atoms with Crippen LogP contribution in [0.4, 0.5) is 0 Å². The van der Waals surface area contributed by atoms with Crippen LogP contribution in [-0.2, 0) is 14.3 Å². The lowest BCUT2D eigenvalue weighted by Gasteiger charge is -2.42. The molecule has 3 rings (SSSR count). The smallest absolute Gasteiger partial charge is 0.126 e. The fourth-order valence-electron chi connectivity index (χ4n) is 1.76. The standard InChI is InChI=1S/C8H13NO3/c1-10-7-5-3-4-6(12-9-5)8(7)11-2/h3-9H,1-2H3/t5-,6+,7-,8-/m0/s1. The van der Waals surface area contributed by atoms with Crippen molar-refractivity contribution in [3.63, 3.8) is 0 Å². The minimum Gasteiger partial charge on any atom is -0.377 e. The molecule has 0 aromatic heterocycles. The largest absolute Gasteiger partial charge is 0.377 e. The van der Waals surface area contributed by atoms with Gasteiger partial charge in [0, 0.05) is 14.2 Å². The van der Waals surface area contributed by atoms with Gasteiger partial charge in [-0.2, -0.15) is 5.48 Å². The third kappa shape index (κ3) is 1.08. The molecule has 12 heavy (non-hydrogen) atoms. The minimum atomic E-state index is -0.0232. The summed E-state index contributed by atoms with van der Waals surface area (Å²) < 4.78 is 10.6. The lowest BCUT2D eigenvalue weighted by atomic mass is 9.93. The van der Waals surface area contributed by atoms with Gasteiger partial charge in [-0.25, -0.2) is 0 Å². The van der Waals surface area contributed by atoms with E-state index in [0.717, 1.165) is 0 Å². The first-order valence-corrected chi connectivity index (χ1v) is 4.02. The second-order valence-corrected chi connectivity index (χ2v) is 3.01. The Morgan fingerprint density at radius 1 is 1.17 bits per heavy atom. The Balaban J connectivity index is 2.18. The van der Waals surface area contributed by atoms with Crippen molar-refractivity contribution in [2.45, 2.75) is 24.4 Å². The van der Waals surface area contributed by atoms with E-state index >= 15 is 0 Å². The molecule has 2 aliphatic heterocycles. The number of ether oxygens (including phenoxy) is 2. The molecule has 0 amide bonds. The van der Waals surface area contributed by atoms with Gasteiger partial charge in [-0.05, 0) is 0 Å². The maximum Gasteiger partial charge on any atom is 0.126 e. The maximum atomic E-state index is 5.31. The quantitative estimate of drug-likeness (QED) is 0.587. The highest BCUT2D eigenvalue weighted by atomic mass is 16.7. The summed E-state index contributed by atoms with van der Waals surface area (Å²) in [5.41, 5.74) is 2.89. The summed E-state index contributed by atoms with van der Waals surface area (Å²) in [5, 5.41) is 0. The van der Waals surface area contributed by atoms with Gasteiger partial charge in [-0.3, -0.25) is 4.84 Å². The monoisotopic (exact) mass is 171 g/mol. The summed E-state index contributed by atoms with van der Waals surface area (Å²) in [6.07, 6.45) is 4.10. The molecule has 1 fully saturated rings. The summed E-state index contributed by atoms with van der Waals surface area (Å²) >= 11 is 0. The second-order valence-electron chi connectivity index (χ2n) is 3.01. The van der Waals surface area contributed by atoms with Crippen LogP contribution in [-0.4, -0.2) is 38.6 Å². The molecule has 1 aliphatic carbocycles. The van der Waals surface area contributed by atoms with Crippen LogP contribution in [0.5, 0.6) is 0 Å². The van der Waals surface area contributed by atoms with Crippen LogP contribution in [0.25, 0.3) is 0 Å². The third-order valence-corrected chi connectivity index (χ3v) is 2.39. The van der Waals surface area contributed by atoms with Crippen LogP contribution in [0.15, 0.2) is 12.2 Å². The first-order chi connectivity index (χ1) is 5.86. The van der Waals surface area contributed by atoms with E-state index in [4.69, 9.17) is 14.3 Å². The average Bonchev–Trinajstić information content (AvgIpc) is 2.18. The molecule has 2 bridgehead atoms. The van der Waals surface area contributed by atoms with Crippen molar-refractivity contribution < 1.29 is 14.3 Å². The summed E-state index contributed by atoms with van der Waals surface area (Å²) in [6, 6.07) is 0.116. The number of rotatable bonds is 2. The van der Waals surface area contributed by atoms with E-state index in [0.29, 0.717) is 0 Å². The van der Waals surface area contributed by atoms with Crippen LogP contribution < -0.4 is 5.48 Å². The Morgan fingerprint density at radius 3 is 2.33 bits per heavy atom.